The lowest BCUT2D eigenvalue weighted by Gasteiger charge is -2.15. The summed E-state index contributed by atoms with van der Waals surface area (Å²) in [7, 11) is 4.58. The van der Waals surface area contributed by atoms with Crippen LogP contribution < -0.4 is 24.3 Å². The molecule has 0 bridgehead atoms. The van der Waals surface area contributed by atoms with E-state index in [2.05, 4.69) is 5.32 Å². The highest BCUT2D eigenvalue weighted by Crippen LogP contribution is 2.39. The molecule has 3 aromatic carbocycles. The maximum Gasteiger partial charge on any atom is 0.224 e. The van der Waals surface area contributed by atoms with Gasteiger partial charge in [0.05, 0.1) is 27.8 Å². The molecule has 0 unspecified atom stereocenters. The Morgan fingerprint density at radius 2 is 1.42 bits per heavy atom. The molecule has 0 aliphatic rings. The molecule has 0 aromatic heterocycles. The lowest BCUT2D eigenvalue weighted by atomic mass is 10.1. The van der Waals surface area contributed by atoms with E-state index in [1.165, 1.54) is 26.4 Å². The van der Waals surface area contributed by atoms with E-state index < -0.39 is 0 Å². The third-order valence-electron chi connectivity index (χ3n) is 4.60. The first-order chi connectivity index (χ1) is 15.0. The Morgan fingerprint density at radius 3 is 2.00 bits per heavy atom. The molecule has 0 radical (unpaired) electrons. The summed E-state index contributed by atoms with van der Waals surface area (Å²) < 4.78 is 34.7. The van der Waals surface area contributed by atoms with Gasteiger partial charge in [-0.05, 0) is 48.0 Å². The zero-order valence-electron chi connectivity index (χ0n) is 17.6. The smallest absolute Gasteiger partial charge is 0.224 e. The van der Waals surface area contributed by atoms with Gasteiger partial charge in [-0.1, -0.05) is 18.2 Å². The van der Waals surface area contributed by atoms with Gasteiger partial charge in [0.15, 0.2) is 11.5 Å². The summed E-state index contributed by atoms with van der Waals surface area (Å²) in [6.07, 6.45) is 0.134. The van der Waals surface area contributed by atoms with Gasteiger partial charge in [0.2, 0.25) is 11.7 Å². The number of nitrogens with one attached hydrogen (secondary N) is 1. The van der Waals surface area contributed by atoms with Crippen molar-refractivity contribution in [3.8, 4) is 28.7 Å². The fourth-order valence-electron chi connectivity index (χ4n) is 3.05. The molecule has 31 heavy (non-hydrogen) atoms. The second-order valence-corrected chi connectivity index (χ2v) is 6.65. The summed E-state index contributed by atoms with van der Waals surface area (Å²) in [6, 6.07) is 16.6. The predicted molar refractivity (Wildman–Crippen MR) is 115 cm³/mol. The molecule has 6 nitrogen and oxygen atoms in total. The Hall–Kier alpha value is -3.74. The standard InChI is InChI=1S/C24H24FNO5/c1-28-21-13-6-17(23(29-2)24(21)30-3)14-22(27)26-15-16-4-9-19(10-5-16)31-20-11-7-18(25)8-12-20/h4-13H,14-15H2,1-3H3,(H,26,27). The zero-order chi connectivity index (χ0) is 22.2. The molecule has 0 spiro atoms. The van der Waals surface area contributed by atoms with Crippen LogP contribution in [0.4, 0.5) is 4.39 Å². The molecule has 0 aliphatic heterocycles. The topological polar surface area (TPSA) is 66.0 Å². The molecule has 0 saturated carbocycles. The molecule has 3 rings (SSSR count). The normalized spacial score (nSPS) is 10.3. The van der Waals surface area contributed by atoms with Crippen molar-refractivity contribution in [2.75, 3.05) is 21.3 Å². The van der Waals surface area contributed by atoms with Crippen molar-refractivity contribution >= 4 is 5.91 Å². The Balaban J connectivity index is 1.58. The van der Waals surface area contributed by atoms with Gasteiger partial charge in [0, 0.05) is 12.1 Å². The summed E-state index contributed by atoms with van der Waals surface area (Å²) in [6.45, 7) is 0.366. The van der Waals surface area contributed by atoms with E-state index in [4.69, 9.17) is 18.9 Å². The van der Waals surface area contributed by atoms with Gasteiger partial charge in [-0.25, -0.2) is 4.39 Å². The van der Waals surface area contributed by atoms with Crippen LogP contribution in [-0.2, 0) is 17.8 Å². The molecule has 162 valence electrons. The average molecular weight is 425 g/mol. The van der Waals surface area contributed by atoms with E-state index in [9.17, 15) is 9.18 Å². The van der Waals surface area contributed by atoms with Crippen molar-refractivity contribution in [1.82, 2.24) is 5.32 Å². The van der Waals surface area contributed by atoms with Crippen molar-refractivity contribution in [2.24, 2.45) is 0 Å². The first-order valence-corrected chi connectivity index (χ1v) is 9.61. The molecule has 1 N–H and O–H groups in total. The van der Waals surface area contributed by atoms with Crippen LogP contribution in [0.15, 0.2) is 60.7 Å². The van der Waals surface area contributed by atoms with E-state index in [1.54, 1.807) is 43.5 Å². The summed E-state index contributed by atoms with van der Waals surface area (Å²) in [5, 5.41) is 2.89. The third-order valence-corrected chi connectivity index (χ3v) is 4.60. The number of amides is 1. The maximum atomic E-state index is 13.0. The van der Waals surface area contributed by atoms with Crippen molar-refractivity contribution in [1.29, 1.82) is 0 Å². The van der Waals surface area contributed by atoms with Gasteiger partial charge in [-0.2, -0.15) is 0 Å². The van der Waals surface area contributed by atoms with Crippen molar-refractivity contribution in [3.63, 3.8) is 0 Å². The quantitative estimate of drug-likeness (QED) is 0.547. The van der Waals surface area contributed by atoms with Crippen LogP contribution in [0.5, 0.6) is 28.7 Å². The SMILES string of the molecule is COc1ccc(CC(=O)NCc2ccc(Oc3ccc(F)cc3)cc2)c(OC)c1OC. The number of carbonyl (C=O) groups excluding carboxylic acids is 1. The van der Waals surface area contributed by atoms with Crippen LogP contribution >= 0.6 is 0 Å². The fourth-order valence-corrected chi connectivity index (χ4v) is 3.05. The van der Waals surface area contributed by atoms with Gasteiger partial charge in [-0.15, -0.1) is 0 Å². The molecular weight excluding hydrogens is 401 g/mol. The van der Waals surface area contributed by atoms with Crippen LogP contribution in [0.1, 0.15) is 11.1 Å². The van der Waals surface area contributed by atoms with Gasteiger partial charge in [0.25, 0.3) is 0 Å². The minimum atomic E-state index is -0.316. The van der Waals surface area contributed by atoms with E-state index in [-0.39, 0.29) is 18.1 Å². The number of hydrogen-bond acceptors (Lipinski definition) is 5. The minimum Gasteiger partial charge on any atom is -0.493 e. The Morgan fingerprint density at radius 1 is 0.806 bits per heavy atom. The molecule has 0 saturated heterocycles. The van der Waals surface area contributed by atoms with Crippen LogP contribution in [0.3, 0.4) is 0 Å². The lowest BCUT2D eigenvalue weighted by molar-refractivity contribution is -0.120. The first-order valence-electron chi connectivity index (χ1n) is 9.61. The molecule has 0 aliphatic carbocycles. The monoisotopic (exact) mass is 425 g/mol. The Kier molecular flexibility index (Phi) is 7.32. The van der Waals surface area contributed by atoms with Crippen LogP contribution in [0, 0.1) is 5.82 Å². The molecule has 3 aromatic rings. The van der Waals surface area contributed by atoms with E-state index in [0.717, 1.165) is 5.56 Å². The summed E-state index contributed by atoms with van der Waals surface area (Å²) in [5.74, 6) is 2.15. The molecule has 0 atom stereocenters. The number of carbonyl (C=O) groups is 1. The summed E-state index contributed by atoms with van der Waals surface area (Å²) in [5.41, 5.74) is 1.61. The number of halogens is 1. The highest BCUT2D eigenvalue weighted by atomic mass is 19.1. The Labute approximate surface area is 180 Å². The maximum absolute atomic E-state index is 13.0. The van der Waals surface area contributed by atoms with E-state index in [0.29, 0.717) is 40.9 Å². The minimum absolute atomic E-state index is 0.134. The molecule has 1 amide bonds. The molecule has 0 fully saturated rings. The van der Waals surface area contributed by atoms with Gasteiger partial charge >= 0.3 is 0 Å². The molecular formula is C24H24FNO5. The summed E-state index contributed by atoms with van der Waals surface area (Å²) >= 11 is 0. The second-order valence-electron chi connectivity index (χ2n) is 6.65. The highest BCUT2D eigenvalue weighted by molar-refractivity contribution is 5.80. The van der Waals surface area contributed by atoms with Gasteiger partial charge in [0.1, 0.15) is 17.3 Å². The predicted octanol–water partition coefficient (Wildman–Crippen LogP) is 4.50. The number of benzene rings is 3. The second kappa shape index (κ2) is 10.3. The highest BCUT2D eigenvalue weighted by Gasteiger charge is 2.17. The number of ether oxygens (including phenoxy) is 4. The van der Waals surface area contributed by atoms with Crippen LogP contribution in [-0.4, -0.2) is 27.2 Å². The summed E-state index contributed by atoms with van der Waals surface area (Å²) in [4.78, 5) is 12.4. The number of methoxy groups -OCH3 is 3. The Bertz CT molecular complexity index is 1020. The number of hydrogen-bond donors (Lipinski definition) is 1. The molecule has 7 heteroatoms. The zero-order valence-corrected chi connectivity index (χ0v) is 17.6. The van der Waals surface area contributed by atoms with E-state index >= 15 is 0 Å². The van der Waals surface area contributed by atoms with Gasteiger partial charge < -0.3 is 24.3 Å². The average Bonchev–Trinajstić information content (AvgIpc) is 2.79. The van der Waals surface area contributed by atoms with Crippen molar-refractivity contribution in [3.05, 3.63) is 77.6 Å². The van der Waals surface area contributed by atoms with Crippen LogP contribution in [0.2, 0.25) is 0 Å². The number of rotatable bonds is 9. The lowest BCUT2D eigenvalue weighted by Crippen LogP contribution is -2.24. The molecule has 0 heterocycles. The van der Waals surface area contributed by atoms with Gasteiger partial charge in [-0.3, -0.25) is 4.79 Å². The third kappa shape index (κ3) is 5.66. The van der Waals surface area contributed by atoms with E-state index in [1.807, 2.05) is 12.1 Å². The fraction of sp³-hybridized carbons (Fsp3) is 0.208. The largest absolute Gasteiger partial charge is 0.493 e. The van der Waals surface area contributed by atoms with Crippen molar-refractivity contribution in [2.45, 2.75) is 13.0 Å². The van der Waals surface area contributed by atoms with Crippen molar-refractivity contribution < 1.29 is 28.1 Å². The first kappa shape index (κ1) is 22.0. The van der Waals surface area contributed by atoms with Crippen LogP contribution in [0.25, 0.3) is 0 Å².